The van der Waals surface area contributed by atoms with Gasteiger partial charge in [-0.05, 0) is 36.8 Å². The molecule has 0 fully saturated rings. The van der Waals surface area contributed by atoms with E-state index in [4.69, 9.17) is 22.1 Å². The zero-order chi connectivity index (χ0) is 14.7. The average molecular weight is 298 g/mol. The molecule has 0 saturated heterocycles. The lowest BCUT2D eigenvalue weighted by Crippen LogP contribution is -2.06. The van der Waals surface area contributed by atoms with E-state index in [1.165, 1.54) is 24.3 Å². The summed E-state index contributed by atoms with van der Waals surface area (Å²) in [5, 5.41) is 0.248. The van der Waals surface area contributed by atoms with E-state index in [0.29, 0.717) is 5.56 Å². The van der Waals surface area contributed by atoms with Gasteiger partial charge in [0.05, 0.1) is 5.02 Å². The first-order chi connectivity index (χ1) is 9.49. The molecule has 5 heteroatoms. The summed E-state index contributed by atoms with van der Waals surface area (Å²) in [4.78, 5) is 0. The molecule has 20 heavy (non-hydrogen) atoms. The minimum atomic E-state index is -0.535. The number of hydrogen-bond acceptors (Lipinski definition) is 2. The molecule has 0 bridgehead atoms. The molecule has 1 atom stereocenters. The van der Waals surface area contributed by atoms with Crippen molar-refractivity contribution in [1.82, 2.24) is 0 Å². The Kier molecular flexibility index (Phi) is 4.57. The number of nitrogens with two attached hydrogens (primary N) is 1. The van der Waals surface area contributed by atoms with Gasteiger partial charge in [-0.2, -0.15) is 0 Å². The Labute approximate surface area is 121 Å². The van der Waals surface area contributed by atoms with Gasteiger partial charge in [0.15, 0.2) is 11.6 Å². The summed E-state index contributed by atoms with van der Waals surface area (Å²) in [7, 11) is 0. The highest BCUT2D eigenvalue weighted by molar-refractivity contribution is 6.31. The third-order valence-corrected chi connectivity index (χ3v) is 3.27. The molecule has 0 saturated carbocycles. The van der Waals surface area contributed by atoms with Crippen molar-refractivity contribution in [1.29, 1.82) is 0 Å². The van der Waals surface area contributed by atoms with Crippen molar-refractivity contribution in [3.05, 3.63) is 64.2 Å². The topological polar surface area (TPSA) is 35.2 Å². The highest BCUT2D eigenvalue weighted by atomic mass is 35.5. The average Bonchev–Trinajstić information content (AvgIpc) is 2.39. The molecular weight excluding hydrogens is 284 g/mol. The molecule has 2 nitrogen and oxygen atoms in total. The summed E-state index contributed by atoms with van der Waals surface area (Å²) >= 11 is 5.87. The summed E-state index contributed by atoms with van der Waals surface area (Å²) in [6.45, 7) is 1.62. The summed E-state index contributed by atoms with van der Waals surface area (Å²) in [6, 6.07) is 8.52. The van der Waals surface area contributed by atoms with E-state index >= 15 is 0 Å². The van der Waals surface area contributed by atoms with Gasteiger partial charge in [-0.25, -0.2) is 8.78 Å². The molecule has 0 spiro atoms. The van der Waals surface area contributed by atoms with E-state index in [1.54, 1.807) is 19.1 Å². The van der Waals surface area contributed by atoms with Crippen molar-refractivity contribution >= 4 is 11.6 Å². The van der Waals surface area contributed by atoms with E-state index in [1.807, 2.05) is 0 Å². The lowest BCUT2D eigenvalue weighted by Gasteiger charge is -2.11. The van der Waals surface area contributed by atoms with Crippen LogP contribution in [0.15, 0.2) is 36.4 Å². The van der Waals surface area contributed by atoms with Gasteiger partial charge in [-0.3, -0.25) is 0 Å². The molecule has 2 aromatic rings. The molecular formula is C15H14ClF2NO. The Bertz CT molecular complexity index is 597. The maximum absolute atomic E-state index is 13.8. The largest absolute Gasteiger partial charge is 0.486 e. The second kappa shape index (κ2) is 6.20. The first-order valence-electron chi connectivity index (χ1n) is 6.09. The predicted octanol–water partition coefficient (Wildman–Crippen LogP) is 4.22. The van der Waals surface area contributed by atoms with Crippen LogP contribution in [0.3, 0.4) is 0 Å². The zero-order valence-electron chi connectivity index (χ0n) is 10.9. The first kappa shape index (κ1) is 14.8. The first-order valence-corrected chi connectivity index (χ1v) is 6.47. The molecule has 0 aliphatic rings. The van der Waals surface area contributed by atoms with Crippen LogP contribution in [0.2, 0.25) is 5.02 Å². The van der Waals surface area contributed by atoms with Crippen molar-refractivity contribution in [2.75, 3.05) is 0 Å². The number of ether oxygens (including phenoxy) is 1. The monoisotopic (exact) mass is 297 g/mol. The van der Waals surface area contributed by atoms with Crippen LogP contribution in [0, 0.1) is 11.6 Å². The van der Waals surface area contributed by atoms with Gasteiger partial charge >= 0.3 is 0 Å². The molecule has 0 unspecified atom stereocenters. The Morgan fingerprint density at radius 1 is 1.20 bits per heavy atom. The molecule has 0 heterocycles. The molecule has 0 aromatic heterocycles. The van der Waals surface area contributed by atoms with Gasteiger partial charge < -0.3 is 10.5 Å². The van der Waals surface area contributed by atoms with Crippen molar-refractivity contribution < 1.29 is 13.5 Å². The Morgan fingerprint density at radius 2 is 1.95 bits per heavy atom. The molecule has 0 aliphatic carbocycles. The third-order valence-electron chi connectivity index (χ3n) is 2.92. The Balaban J connectivity index is 2.15. The lowest BCUT2D eigenvalue weighted by molar-refractivity contribution is 0.284. The second-order valence-corrected chi connectivity index (χ2v) is 4.87. The van der Waals surface area contributed by atoms with Gasteiger partial charge in [0.1, 0.15) is 12.4 Å². The number of hydrogen-bond donors (Lipinski definition) is 1. The highest BCUT2D eigenvalue weighted by Crippen LogP contribution is 2.24. The molecule has 0 radical (unpaired) electrons. The normalized spacial score (nSPS) is 12.2. The van der Waals surface area contributed by atoms with Crippen LogP contribution >= 0.6 is 11.6 Å². The summed E-state index contributed by atoms with van der Waals surface area (Å²) < 4.78 is 32.6. The van der Waals surface area contributed by atoms with Gasteiger partial charge in [-0.15, -0.1) is 0 Å². The number of halogens is 3. The van der Waals surface area contributed by atoms with E-state index < -0.39 is 11.6 Å². The Morgan fingerprint density at radius 3 is 2.55 bits per heavy atom. The van der Waals surface area contributed by atoms with Crippen LogP contribution in [0.25, 0.3) is 0 Å². The van der Waals surface area contributed by atoms with Crippen LogP contribution in [0.4, 0.5) is 8.78 Å². The lowest BCUT2D eigenvalue weighted by atomic mass is 10.1. The van der Waals surface area contributed by atoms with Crippen molar-refractivity contribution in [3.8, 4) is 5.75 Å². The molecule has 2 aromatic carbocycles. The third kappa shape index (κ3) is 3.26. The minimum absolute atomic E-state index is 0.0359. The molecule has 0 amide bonds. The van der Waals surface area contributed by atoms with E-state index in [-0.39, 0.29) is 29.0 Å². The van der Waals surface area contributed by atoms with Gasteiger partial charge in [-0.1, -0.05) is 23.7 Å². The molecule has 0 aliphatic heterocycles. The van der Waals surface area contributed by atoms with Crippen LogP contribution in [-0.2, 0) is 6.61 Å². The molecule has 2 N–H and O–H groups in total. The molecule has 106 valence electrons. The quantitative estimate of drug-likeness (QED) is 0.917. The van der Waals surface area contributed by atoms with E-state index in [9.17, 15) is 8.78 Å². The highest BCUT2D eigenvalue weighted by Gasteiger charge is 2.11. The fourth-order valence-electron chi connectivity index (χ4n) is 1.74. The van der Waals surface area contributed by atoms with Crippen molar-refractivity contribution in [2.45, 2.75) is 19.6 Å². The molecule has 2 rings (SSSR count). The van der Waals surface area contributed by atoms with Gasteiger partial charge in [0.25, 0.3) is 0 Å². The standard InChI is InChI=1S/C15H14ClF2NO/c1-9(19)10-5-6-15(14(18)7-10)20-8-11-12(16)3-2-4-13(11)17/h2-7,9H,8,19H2,1H3/t9-/m1/s1. The maximum Gasteiger partial charge on any atom is 0.165 e. The SMILES string of the molecule is C[C@@H](N)c1ccc(OCc2c(F)cccc2Cl)c(F)c1. The number of rotatable bonds is 4. The van der Waals surface area contributed by atoms with Crippen molar-refractivity contribution in [3.63, 3.8) is 0 Å². The van der Waals surface area contributed by atoms with Crippen LogP contribution in [0.1, 0.15) is 24.1 Å². The maximum atomic E-state index is 13.8. The second-order valence-electron chi connectivity index (χ2n) is 4.47. The summed E-state index contributed by atoms with van der Waals surface area (Å²) in [5.74, 6) is -0.980. The van der Waals surface area contributed by atoms with Crippen molar-refractivity contribution in [2.24, 2.45) is 5.73 Å². The number of benzene rings is 2. The van der Waals surface area contributed by atoms with Crippen LogP contribution in [-0.4, -0.2) is 0 Å². The fraction of sp³-hybridized carbons (Fsp3) is 0.200. The zero-order valence-corrected chi connectivity index (χ0v) is 11.6. The smallest absolute Gasteiger partial charge is 0.165 e. The fourth-order valence-corrected chi connectivity index (χ4v) is 1.96. The van der Waals surface area contributed by atoms with Gasteiger partial charge in [0.2, 0.25) is 0 Å². The minimum Gasteiger partial charge on any atom is -0.486 e. The predicted molar refractivity (Wildman–Crippen MR) is 74.7 cm³/mol. The van der Waals surface area contributed by atoms with Gasteiger partial charge in [0, 0.05) is 11.6 Å². The van der Waals surface area contributed by atoms with E-state index in [2.05, 4.69) is 0 Å². The summed E-state index contributed by atoms with van der Waals surface area (Å²) in [6.07, 6.45) is 0. The van der Waals surface area contributed by atoms with E-state index in [0.717, 1.165) is 0 Å². The Hall–Kier alpha value is -1.65. The summed E-state index contributed by atoms with van der Waals surface area (Å²) in [5.41, 5.74) is 6.53. The van der Waals surface area contributed by atoms with Crippen LogP contribution in [0.5, 0.6) is 5.75 Å². The van der Waals surface area contributed by atoms with Crippen LogP contribution < -0.4 is 10.5 Å².